The zero-order valence-corrected chi connectivity index (χ0v) is 21.0. The number of benzene rings is 1. The van der Waals surface area contributed by atoms with Crippen LogP contribution in [0.1, 0.15) is 27.2 Å². The molecule has 0 spiro atoms. The van der Waals surface area contributed by atoms with E-state index in [1.807, 2.05) is 0 Å². The van der Waals surface area contributed by atoms with Crippen molar-refractivity contribution in [2.75, 3.05) is 19.8 Å². The summed E-state index contributed by atoms with van der Waals surface area (Å²) in [6.07, 6.45) is 1.31. The Bertz CT molecular complexity index is 1140. The van der Waals surface area contributed by atoms with E-state index in [1.54, 1.807) is 20.8 Å². The highest BCUT2D eigenvalue weighted by Gasteiger charge is 2.44. The van der Waals surface area contributed by atoms with Gasteiger partial charge < -0.3 is 15.6 Å². The van der Waals surface area contributed by atoms with Crippen molar-refractivity contribution in [3.05, 3.63) is 58.7 Å². The molecule has 1 aliphatic heterocycles. The molecule has 0 bridgehead atoms. The highest BCUT2D eigenvalue weighted by molar-refractivity contribution is 7.89. The number of hydrogen-bond acceptors (Lipinski definition) is 9. The van der Waals surface area contributed by atoms with Crippen molar-refractivity contribution in [2.24, 2.45) is 5.73 Å². The number of amides is 2. The quantitative estimate of drug-likeness (QED) is 0.259. The highest BCUT2D eigenvalue weighted by Crippen LogP contribution is 2.33. The van der Waals surface area contributed by atoms with Gasteiger partial charge in [0.2, 0.25) is 5.91 Å². The Labute approximate surface area is 208 Å². The van der Waals surface area contributed by atoms with E-state index >= 15 is 0 Å². The van der Waals surface area contributed by atoms with Gasteiger partial charge in [-0.2, -0.15) is 0 Å². The fourth-order valence-corrected chi connectivity index (χ4v) is 5.11. The Morgan fingerprint density at radius 3 is 2.53 bits per heavy atom. The molecule has 0 aromatic heterocycles. The summed E-state index contributed by atoms with van der Waals surface area (Å²) in [7, 11) is -4.74. The van der Waals surface area contributed by atoms with Crippen LogP contribution >= 0.6 is 0 Å². The number of carbonyl (C=O) groups is 2. The Morgan fingerprint density at radius 2 is 2.00 bits per heavy atom. The van der Waals surface area contributed by atoms with Gasteiger partial charge in [0.05, 0.1) is 30.2 Å². The van der Waals surface area contributed by atoms with E-state index in [9.17, 15) is 33.2 Å². The number of aliphatic hydroxyl groups excluding tert-OH is 1. The Kier molecular flexibility index (Phi) is 9.32. The van der Waals surface area contributed by atoms with Crippen LogP contribution in [0.5, 0.6) is 0 Å². The van der Waals surface area contributed by atoms with Crippen molar-refractivity contribution < 1.29 is 37.6 Å². The summed E-state index contributed by atoms with van der Waals surface area (Å²) in [5.41, 5.74) is 3.91. The molecule has 3 N–H and O–H groups in total. The summed E-state index contributed by atoms with van der Waals surface area (Å²) >= 11 is 0. The molecule has 2 amide bonds. The third kappa shape index (κ3) is 6.87. The number of primary amides is 1. The lowest BCUT2D eigenvalue weighted by molar-refractivity contribution is -0.388. The maximum atomic E-state index is 13.7. The number of nitro groups is 1. The second-order valence-corrected chi connectivity index (χ2v) is 10.6. The molecule has 2 unspecified atom stereocenters. The minimum Gasteiger partial charge on any atom is -0.444 e. The second-order valence-electron chi connectivity index (χ2n) is 8.85. The van der Waals surface area contributed by atoms with Crippen LogP contribution in [0.2, 0.25) is 0 Å². The first-order valence-corrected chi connectivity index (χ1v) is 12.3. The lowest BCUT2D eigenvalue weighted by Crippen LogP contribution is -2.56. The minimum absolute atomic E-state index is 0.132. The fraction of sp³-hybridized carbons (Fsp3) is 0.455. The van der Waals surface area contributed by atoms with Gasteiger partial charge in [0.25, 0.3) is 15.7 Å². The van der Waals surface area contributed by atoms with Gasteiger partial charge in [-0.3, -0.25) is 24.6 Å². The number of carbonyl (C=O) groups excluding carboxylic acids is 2. The number of ether oxygens (including phenoxy) is 1. The molecular weight excluding hydrogens is 496 g/mol. The molecule has 198 valence electrons. The summed E-state index contributed by atoms with van der Waals surface area (Å²) in [4.78, 5) is 41.3. The molecule has 1 aromatic rings. The van der Waals surface area contributed by atoms with Crippen LogP contribution in [0.25, 0.3) is 0 Å². The van der Waals surface area contributed by atoms with Crippen LogP contribution in [0, 0.1) is 10.1 Å². The maximum absolute atomic E-state index is 13.7. The van der Waals surface area contributed by atoms with Gasteiger partial charge in [0, 0.05) is 19.0 Å². The summed E-state index contributed by atoms with van der Waals surface area (Å²) in [5, 5.41) is 21.4. The molecular formula is C22H30N4O9S. The number of nitro benzene ring substituents is 1. The van der Waals surface area contributed by atoms with Gasteiger partial charge in [0.1, 0.15) is 5.60 Å². The van der Waals surface area contributed by atoms with Crippen LogP contribution < -0.4 is 5.73 Å². The number of rotatable bonds is 10. The number of aliphatic hydroxyl groups is 1. The number of nitrogens with two attached hydrogens (primary N) is 1. The first-order chi connectivity index (χ1) is 16.7. The van der Waals surface area contributed by atoms with Crippen LogP contribution in [0.15, 0.2) is 53.5 Å². The SMILES string of the molecule is C=CCON(C1CN(C(=O)OC(C)(C)C)C(CO)C=C1CC(N)=O)S(=O)(=O)c1ccccc1[N+](=O)[O-]. The molecule has 1 heterocycles. The summed E-state index contributed by atoms with van der Waals surface area (Å²) in [6.45, 7) is 7.10. The van der Waals surface area contributed by atoms with E-state index in [4.69, 9.17) is 15.3 Å². The number of nitrogens with zero attached hydrogens (tertiary/aromatic N) is 3. The third-order valence-electron chi connectivity index (χ3n) is 4.95. The van der Waals surface area contributed by atoms with E-state index in [2.05, 4.69) is 6.58 Å². The zero-order chi connectivity index (χ0) is 27.3. The Hall–Kier alpha value is -3.33. The monoisotopic (exact) mass is 526 g/mol. The van der Waals surface area contributed by atoms with Crippen molar-refractivity contribution in [3.63, 3.8) is 0 Å². The zero-order valence-electron chi connectivity index (χ0n) is 20.2. The van der Waals surface area contributed by atoms with Gasteiger partial charge in [0.15, 0.2) is 4.90 Å². The van der Waals surface area contributed by atoms with E-state index in [0.29, 0.717) is 4.47 Å². The molecule has 2 rings (SSSR count). The van der Waals surface area contributed by atoms with Crippen LogP contribution in [-0.2, 0) is 24.4 Å². The molecule has 0 saturated carbocycles. The topological polar surface area (TPSA) is 183 Å². The average Bonchev–Trinajstić information content (AvgIpc) is 2.78. The molecule has 14 heteroatoms. The Balaban J connectivity index is 2.68. The summed E-state index contributed by atoms with van der Waals surface area (Å²) < 4.78 is 33.3. The van der Waals surface area contributed by atoms with Crippen molar-refractivity contribution in [2.45, 2.75) is 49.8 Å². The fourth-order valence-electron chi connectivity index (χ4n) is 3.52. The molecule has 1 aliphatic rings. The maximum Gasteiger partial charge on any atom is 0.410 e. The Morgan fingerprint density at radius 1 is 1.36 bits per heavy atom. The standard InChI is InChI=1S/C22H30N4O9S/c1-5-10-34-26(36(32,33)19-9-7-6-8-17(19)25(30)31)18-13-24(21(29)35-22(2,3)4)16(14-27)11-15(18)12-20(23)28/h5-9,11,16,18,27H,1,10,12-14H2,2-4H3,(H2,23,28). The number of hydrogen-bond donors (Lipinski definition) is 2. The highest BCUT2D eigenvalue weighted by atomic mass is 32.2. The summed E-state index contributed by atoms with van der Waals surface area (Å²) in [5.74, 6) is -0.805. The van der Waals surface area contributed by atoms with E-state index in [-0.39, 0.29) is 12.2 Å². The van der Waals surface area contributed by atoms with Crippen LogP contribution in [-0.4, -0.2) is 77.3 Å². The van der Waals surface area contributed by atoms with Crippen LogP contribution in [0.4, 0.5) is 10.5 Å². The van der Waals surface area contributed by atoms with Crippen molar-refractivity contribution in [3.8, 4) is 0 Å². The first kappa shape index (κ1) is 28.9. The predicted molar refractivity (Wildman–Crippen MR) is 128 cm³/mol. The van der Waals surface area contributed by atoms with Gasteiger partial charge in [-0.15, -0.1) is 6.58 Å². The minimum atomic E-state index is -4.74. The van der Waals surface area contributed by atoms with Crippen LogP contribution in [0.3, 0.4) is 0 Å². The van der Waals surface area contributed by atoms with Gasteiger partial charge in [-0.1, -0.05) is 28.8 Å². The van der Waals surface area contributed by atoms with E-state index < -0.39 is 74.8 Å². The molecule has 13 nitrogen and oxygen atoms in total. The molecule has 0 fully saturated rings. The number of hydroxylamine groups is 1. The predicted octanol–water partition coefficient (Wildman–Crippen LogP) is 1.49. The molecule has 0 aliphatic carbocycles. The molecule has 0 saturated heterocycles. The van der Waals surface area contributed by atoms with Crippen molar-refractivity contribution in [1.82, 2.24) is 9.37 Å². The van der Waals surface area contributed by atoms with E-state index in [0.717, 1.165) is 17.0 Å². The molecule has 36 heavy (non-hydrogen) atoms. The summed E-state index contributed by atoms with van der Waals surface area (Å²) in [6, 6.07) is 2.38. The van der Waals surface area contributed by atoms with Gasteiger partial charge >= 0.3 is 6.09 Å². The molecule has 2 atom stereocenters. The van der Waals surface area contributed by atoms with Gasteiger partial charge in [-0.25, -0.2) is 13.2 Å². The smallest absolute Gasteiger partial charge is 0.410 e. The third-order valence-corrected chi connectivity index (χ3v) is 6.68. The first-order valence-electron chi connectivity index (χ1n) is 10.8. The van der Waals surface area contributed by atoms with Crippen molar-refractivity contribution in [1.29, 1.82) is 0 Å². The second kappa shape index (κ2) is 11.6. The number of sulfonamides is 1. The van der Waals surface area contributed by atoms with Crippen molar-refractivity contribution >= 4 is 27.7 Å². The average molecular weight is 527 g/mol. The molecule has 1 aromatic carbocycles. The lowest BCUT2D eigenvalue weighted by atomic mass is 9.95. The van der Waals surface area contributed by atoms with E-state index in [1.165, 1.54) is 24.3 Å². The lowest BCUT2D eigenvalue weighted by Gasteiger charge is -2.41. The van der Waals surface area contributed by atoms with Gasteiger partial charge in [-0.05, 0) is 32.4 Å². The largest absolute Gasteiger partial charge is 0.444 e. The number of para-hydroxylation sites is 1. The normalized spacial score (nSPS) is 18.5. The molecule has 0 radical (unpaired) electrons.